The molecule has 0 aliphatic rings. The van der Waals surface area contributed by atoms with E-state index < -0.39 is 11.2 Å². The minimum Gasteiger partial charge on any atom is -0.319 e. The van der Waals surface area contributed by atoms with Gasteiger partial charge in [-0.15, -0.1) is 5.10 Å². The van der Waals surface area contributed by atoms with E-state index in [1.54, 1.807) is 17.0 Å². The molecule has 0 aromatic carbocycles. The first kappa shape index (κ1) is 9.58. The van der Waals surface area contributed by atoms with Gasteiger partial charge in [0.2, 0.25) is 5.95 Å². The summed E-state index contributed by atoms with van der Waals surface area (Å²) in [6.07, 6.45) is 4.90. The lowest BCUT2D eigenvalue weighted by Crippen LogP contribution is -2.21. The molecular weight excluding hydrogens is 224 g/mol. The molecule has 3 aromatic rings. The summed E-state index contributed by atoms with van der Waals surface area (Å²) in [6, 6.07) is 0. The predicted octanol–water partition coefficient (Wildman–Crippen LogP) is -0.864. The van der Waals surface area contributed by atoms with Crippen molar-refractivity contribution in [2.45, 2.75) is 0 Å². The Kier molecular flexibility index (Phi) is 1.79. The summed E-state index contributed by atoms with van der Waals surface area (Å²) < 4.78 is 3.19. The maximum Gasteiger partial charge on any atom is 0.327 e. The van der Waals surface area contributed by atoms with Crippen LogP contribution in [0.1, 0.15) is 0 Å². The molecule has 3 rings (SSSR count). The Morgan fingerprint density at radius 3 is 2.82 bits per heavy atom. The SMILES string of the molecule is Cn1ccnc1-n1cc2c(=O)[nH]c(=O)[nH]c2n1. The van der Waals surface area contributed by atoms with Gasteiger partial charge in [-0.25, -0.2) is 14.5 Å². The number of H-pyrrole nitrogens is 2. The van der Waals surface area contributed by atoms with E-state index in [1.807, 2.05) is 7.05 Å². The van der Waals surface area contributed by atoms with Gasteiger partial charge in [0, 0.05) is 25.6 Å². The van der Waals surface area contributed by atoms with E-state index in [4.69, 9.17) is 0 Å². The van der Waals surface area contributed by atoms with E-state index in [0.29, 0.717) is 11.3 Å². The monoisotopic (exact) mass is 232 g/mol. The number of aryl methyl sites for hydroxylation is 1. The molecule has 2 N–H and O–H groups in total. The number of nitrogens with one attached hydrogen (secondary N) is 2. The highest BCUT2D eigenvalue weighted by atomic mass is 16.2. The molecule has 3 aromatic heterocycles. The highest BCUT2D eigenvalue weighted by Gasteiger charge is 2.09. The lowest BCUT2D eigenvalue weighted by molar-refractivity contribution is 0.754. The number of imidazole rings is 1. The molecule has 0 amide bonds. The first-order chi connectivity index (χ1) is 8.15. The van der Waals surface area contributed by atoms with E-state index in [9.17, 15) is 9.59 Å². The fourth-order valence-electron chi connectivity index (χ4n) is 1.62. The van der Waals surface area contributed by atoms with Crippen LogP contribution in [0.5, 0.6) is 0 Å². The molecule has 8 nitrogen and oxygen atoms in total. The second-order valence-corrected chi connectivity index (χ2v) is 3.58. The van der Waals surface area contributed by atoms with Crippen molar-refractivity contribution < 1.29 is 0 Å². The number of hydrogen-bond acceptors (Lipinski definition) is 4. The highest BCUT2D eigenvalue weighted by Crippen LogP contribution is 2.07. The van der Waals surface area contributed by atoms with Gasteiger partial charge in [-0.1, -0.05) is 0 Å². The average molecular weight is 232 g/mol. The van der Waals surface area contributed by atoms with E-state index in [-0.39, 0.29) is 5.65 Å². The number of aromatic nitrogens is 6. The normalized spacial score (nSPS) is 11.1. The van der Waals surface area contributed by atoms with E-state index in [1.165, 1.54) is 10.9 Å². The van der Waals surface area contributed by atoms with Crippen molar-refractivity contribution >= 4 is 11.0 Å². The fraction of sp³-hybridized carbons (Fsp3) is 0.111. The third-order valence-corrected chi connectivity index (χ3v) is 2.42. The smallest absolute Gasteiger partial charge is 0.319 e. The van der Waals surface area contributed by atoms with Crippen LogP contribution in [0.15, 0.2) is 28.2 Å². The summed E-state index contributed by atoms with van der Waals surface area (Å²) in [7, 11) is 1.81. The molecule has 0 spiro atoms. The Morgan fingerprint density at radius 1 is 1.29 bits per heavy atom. The van der Waals surface area contributed by atoms with Crippen LogP contribution in [-0.2, 0) is 7.05 Å². The summed E-state index contributed by atoms with van der Waals surface area (Å²) in [6.45, 7) is 0. The summed E-state index contributed by atoms with van der Waals surface area (Å²) in [4.78, 5) is 31.3. The van der Waals surface area contributed by atoms with Crippen molar-refractivity contribution in [1.82, 2.24) is 29.3 Å². The maximum atomic E-state index is 11.5. The van der Waals surface area contributed by atoms with Crippen LogP contribution in [0.25, 0.3) is 17.0 Å². The lowest BCUT2D eigenvalue weighted by Gasteiger charge is -1.98. The highest BCUT2D eigenvalue weighted by molar-refractivity contribution is 5.72. The largest absolute Gasteiger partial charge is 0.327 e. The molecule has 0 aliphatic carbocycles. The Balaban J connectivity index is 2.35. The Bertz CT molecular complexity index is 805. The van der Waals surface area contributed by atoms with Crippen LogP contribution < -0.4 is 11.2 Å². The molecule has 0 saturated heterocycles. The van der Waals surface area contributed by atoms with Crippen molar-refractivity contribution in [3.63, 3.8) is 0 Å². The molecule has 0 saturated carbocycles. The molecule has 8 heteroatoms. The average Bonchev–Trinajstić information content (AvgIpc) is 2.83. The van der Waals surface area contributed by atoms with Crippen LogP contribution >= 0.6 is 0 Å². The molecule has 0 bridgehead atoms. The van der Waals surface area contributed by atoms with Gasteiger partial charge in [-0.3, -0.25) is 14.8 Å². The lowest BCUT2D eigenvalue weighted by atomic mass is 10.4. The molecular formula is C9H8N6O2. The zero-order chi connectivity index (χ0) is 12.0. The fourth-order valence-corrected chi connectivity index (χ4v) is 1.62. The van der Waals surface area contributed by atoms with Crippen molar-refractivity contribution in [2.75, 3.05) is 0 Å². The van der Waals surface area contributed by atoms with E-state index in [2.05, 4.69) is 20.1 Å². The molecule has 86 valence electrons. The summed E-state index contributed by atoms with van der Waals surface area (Å²) in [5.74, 6) is 0.557. The number of aromatic amines is 2. The molecule has 0 fully saturated rings. The van der Waals surface area contributed by atoms with Gasteiger partial charge in [0.25, 0.3) is 5.56 Å². The predicted molar refractivity (Wildman–Crippen MR) is 59.1 cm³/mol. The van der Waals surface area contributed by atoms with Crippen LogP contribution in [0, 0.1) is 0 Å². The molecule has 0 radical (unpaired) electrons. The standard InChI is InChI=1S/C9H8N6O2/c1-14-3-2-10-9(14)15-4-5-6(13-15)11-8(17)12-7(5)16/h2-4H,1H3,(H2,11,12,13,16,17). The van der Waals surface area contributed by atoms with E-state index >= 15 is 0 Å². The minimum absolute atomic E-state index is 0.238. The second kappa shape index (κ2) is 3.17. The first-order valence-corrected chi connectivity index (χ1v) is 4.85. The summed E-state index contributed by atoms with van der Waals surface area (Å²) in [5, 5.41) is 4.41. The van der Waals surface area contributed by atoms with Crippen LogP contribution in [0.3, 0.4) is 0 Å². The second-order valence-electron chi connectivity index (χ2n) is 3.58. The van der Waals surface area contributed by atoms with Crippen LogP contribution in [0.4, 0.5) is 0 Å². The van der Waals surface area contributed by atoms with Gasteiger partial charge in [0.15, 0.2) is 5.65 Å². The maximum absolute atomic E-state index is 11.5. The quantitative estimate of drug-likeness (QED) is 0.569. The summed E-state index contributed by atoms with van der Waals surface area (Å²) >= 11 is 0. The number of hydrogen-bond donors (Lipinski definition) is 2. The van der Waals surface area contributed by atoms with Crippen molar-refractivity contribution in [1.29, 1.82) is 0 Å². The first-order valence-electron chi connectivity index (χ1n) is 4.85. The van der Waals surface area contributed by atoms with Crippen molar-refractivity contribution in [2.24, 2.45) is 7.05 Å². The molecule has 0 atom stereocenters. The summed E-state index contributed by atoms with van der Waals surface area (Å²) in [5.41, 5.74) is -0.807. The number of fused-ring (bicyclic) bond motifs is 1. The van der Waals surface area contributed by atoms with Crippen LogP contribution in [0.2, 0.25) is 0 Å². The topological polar surface area (TPSA) is 101 Å². The zero-order valence-electron chi connectivity index (χ0n) is 8.84. The van der Waals surface area contributed by atoms with Gasteiger partial charge < -0.3 is 4.57 Å². The van der Waals surface area contributed by atoms with Gasteiger partial charge in [0.1, 0.15) is 5.39 Å². The third kappa shape index (κ3) is 1.38. The Morgan fingerprint density at radius 2 is 2.12 bits per heavy atom. The van der Waals surface area contributed by atoms with Gasteiger partial charge in [-0.05, 0) is 0 Å². The molecule has 3 heterocycles. The Hall–Kier alpha value is -2.64. The van der Waals surface area contributed by atoms with Crippen molar-refractivity contribution in [3.05, 3.63) is 39.4 Å². The third-order valence-electron chi connectivity index (χ3n) is 2.42. The number of rotatable bonds is 1. The van der Waals surface area contributed by atoms with Gasteiger partial charge in [0.05, 0.1) is 0 Å². The molecule has 0 aliphatic heterocycles. The minimum atomic E-state index is -0.576. The van der Waals surface area contributed by atoms with Gasteiger partial charge >= 0.3 is 5.69 Å². The Labute approximate surface area is 93.5 Å². The van der Waals surface area contributed by atoms with E-state index in [0.717, 1.165) is 0 Å². The molecule has 0 unspecified atom stereocenters. The van der Waals surface area contributed by atoms with Crippen molar-refractivity contribution in [3.8, 4) is 5.95 Å². The zero-order valence-corrected chi connectivity index (χ0v) is 8.84. The molecule has 17 heavy (non-hydrogen) atoms. The van der Waals surface area contributed by atoms with Crippen LogP contribution in [-0.4, -0.2) is 29.3 Å². The number of nitrogens with zero attached hydrogens (tertiary/aromatic N) is 4. The van der Waals surface area contributed by atoms with Gasteiger partial charge in [-0.2, -0.15) is 0 Å².